The Hall–Kier alpha value is -2.17. The van der Waals surface area contributed by atoms with Crippen molar-refractivity contribution in [2.45, 2.75) is 32.7 Å². The van der Waals surface area contributed by atoms with Crippen LogP contribution in [0.3, 0.4) is 0 Å². The third-order valence-corrected chi connectivity index (χ3v) is 2.79. The average molecular weight is 261 g/mol. The molecule has 0 radical (unpaired) electrons. The van der Waals surface area contributed by atoms with E-state index in [1.807, 2.05) is 30.3 Å². The lowest BCUT2D eigenvalue weighted by molar-refractivity contribution is -0.126. The summed E-state index contributed by atoms with van der Waals surface area (Å²) in [6.07, 6.45) is 0.247. The first-order valence-electron chi connectivity index (χ1n) is 6.18. The van der Waals surface area contributed by atoms with Gasteiger partial charge in [-0.1, -0.05) is 25.1 Å². The van der Waals surface area contributed by atoms with E-state index in [4.69, 9.17) is 5.84 Å². The maximum Gasteiger partial charge on any atom is 0.168 e. The number of hydrogen-bond donors (Lipinski definition) is 2. The number of para-hydroxylation sites is 1. The molecule has 1 atom stereocenters. The number of carbonyl (C=O) groups is 2. The highest BCUT2D eigenvalue weighted by atomic mass is 16.1. The number of rotatable bonds is 7. The van der Waals surface area contributed by atoms with Crippen LogP contribution in [-0.4, -0.2) is 23.3 Å². The Balaban J connectivity index is 2.84. The maximum atomic E-state index is 12.1. The van der Waals surface area contributed by atoms with Crippen molar-refractivity contribution in [2.75, 3.05) is 5.32 Å². The number of nitrogens with two attached hydrogens (primary N) is 1. The van der Waals surface area contributed by atoms with Crippen molar-refractivity contribution >= 4 is 23.0 Å². The predicted octanol–water partition coefficient (Wildman–Crippen LogP) is 1.74. The highest BCUT2D eigenvalue weighted by molar-refractivity contribution is 6.15. The van der Waals surface area contributed by atoms with Crippen LogP contribution in [0.4, 0.5) is 5.69 Å². The molecule has 5 nitrogen and oxygen atoms in total. The normalized spacial score (nSPS) is 12.8. The number of Topliss-reactive ketones (excluding diaryl/α,β-unsaturated/α-hetero) is 2. The zero-order valence-corrected chi connectivity index (χ0v) is 11.2. The Morgan fingerprint density at radius 1 is 1.32 bits per heavy atom. The molecule has 1 rings (SSSR count). The molecule has 102 valence electrons. The van der Waals surface area contributed by atoms with Gasteiger partial charge < -0.3 is 11.2 Å². The highest BCUT2D eigenvalue weighted by Crippen LogP contribution is 2.10. The van der Waals surface area contributed by atoms with Crippen LogP contribution in [0.25, 0.3) is 0 Å². The van der Waals surface area contributed by atoms with Crippen LogP contribution >= 0.6 is 0 Å². The second kappa shape index (κ2) is 7.31. The number of anilines is 1. The molecule has 0 fully saturated rings. The summed E-state index contributed by atoms with van der Waals surface area (Å²) in [5.41, 5.74) is 1.24. The third-order valence-electron chi connectivity index (χ3n) is 2.79. The van der Waals surface area contributed by atoms with Crippen LogP contribution in [0, 0.1) is 0 Å². The quantitative estimate of drug-likeness (QED) is 0.339. The molecular weight excluding hydrogens is 242 g/mol. The summed E-state index contributed by atoms with van der Waals surface area (Å²) in [4.78, 5) is 23.5. The molecule has 0 heterocycles. The number of nitrogens with one attached hydrogen (secondary N) is 1. The van der Waals surface area contributed by atoms with E-state index in [1.165, 1.54) is 0 Å². The standard InChI is InChI=1S/C14H19N3O2/c1-3-12(18)9-13(19)14(10(2)17-15)16-11-7-5-4-6-8-11/h4-8,14,16H,3,9,15H2,1-2H3. The molecule has 0 saturated carbocycles. The fourth-order valence-corrected chi connectivity index (χ4v) is 1.61. The van der Waals surface area contributed by atoms with Crippen LogP contribution < -0.4 is 11.2 Å². The molecule has 5 heteroatoms. The number of hydrogen-bond acceptors (Lipinski definition) is 5. The van der Waals surface area contributed by atoms with Gasteiger partial charge in [0.1, 0.15) is 11.8 Å². The van der Waals surface area contributed by atoms with Gasteiger partial charge in [0.2, 0.25) is 0 Å². The fourth-order valence-electron chi connectivity index (χ4n) is 1.61. The lowest BCUT2D eigenvalue weighted by atomic mass is 10.0. The van der Waals surface area contributed by atoms with Gasteiger partial charge in [-0.15, -0.1) is 0 Å². The molecule has 1 aromatic rings. The van der Waals surface area contributed by atoms with Crippen molar-refractivity contribution in [3.8, 4) is 0 Å². The summed E-state index contributed by atoms with van der Waals surface area (Å²) in [6, 6.07) is 8.61. The Labute approximate surface area is 112 Å². The summed E-state index contributed by atoms with van der Waals surface area (Å²) < 4.78 is 0. The van der Waals surface area contributed by atoms with E-state index in [2.05, 4.69) is 10.4 Å². The molecular formula is C14H19N3O2. The van der Waals surface area contributed by atoms with Gasteiger partial charge in [0.25, 0.3) is 0 Å². The minimum absolute atomic E-state index is 0.0883. The van der Waals surface area contributed by atoms with Gasteiger partial charge in [-0.25, -0.2) is 0 Å². The van der Waals surface area contributed by atoms with Crippen molar-refractivity contribution in [3.63, 3.8) is 0 Å². The molecule has 0 aromatic heterocycles. The van der Waals surface area contributed by atoms with E-state index < -0.39 is 6.04 Å². The molecule has 0 aliphatic heterocycles. The SMILES string of the molecule is CCC(=O)CC(=O)C(Nc1ccccc1)C(C)=NN. The summed E-state index contributed by atoms with van der Waals surface area (Å²) in [5, 5.41) is 6.61. The van der Waals surface area contributed by atoms with Crippen LogP contribution in [0.15, 0.2) is 35.4 Å². The van der Waals surface area contributed by atoms with Crippen LogP contribution in [0.1, 0.15) is 26.7 Å². The topological polar surface area (TPSA) is 84.5 Å². The molecule has 3 N–H and O–H groups in total. The first-order chi connectivity index (χ1) is 9.08. The fraction of sp³-hybridized carbons (Fsp3) is 0.357. The molecule has 0 bridgehead atoms. The third kappa shape index (κ3) is 4.54. The number of ketones is 2. The van der Waals surface area contributed by atoms with Gasteiger partial charge >= 0.3 is 0 Å². The number of hydrazone groups is 1. The molecule has 0 aliphatic carbocycles. The van der Waals surface area contributed by atoms with Gasteiger partial charge in [-0.2, -0.15) is 5.10 Å². The lowest BCUT2D eigenvalue weighted by Crippen LogP contribution is -2.37. The van der Waals surface area contributed by atoms with Crippen molar-refractivity contribution in [2.24, 2.45) is 10.9 Å². The van der Waals surface area contributed by atoms with Gasteiger partial charge in [0.15, 0.2) is 5.78 Å². The molecule has 0 spiro atoms. The number of benzene rings is 1. The Morgan fingerprint density at radius 2 is 1.95 bits per heavy atom. The molecule has 0 aliphatic rings. The second-order valence-electron chi connectivity index (χ2n) is 4.25. The largest absolute Gasteiger partial charge is 0.371 e. The maximum absolute atomic E-state index is 12.1. The highest BCUT2D eigenvalue weighted by Gasteiger charge is 2.23. The molecule has 0 amide bonds. The van der Waals surface area contributed by atoms with E-state index in [1.54, 1.807) is 13.8 Å². The number of nitrogens with zero attached hydrogens (tertiary/aromatic N) is 1. The summed E-state index contributed by atoms with van der Waals surface area (Å²) in [5.74, 6) is 4.93. The van der Waals surface area contributed by atoms with Gasteiger partial charge in [0.05, 0.1) is 12.1 Å². The monoisotopic (exact) mass is 261 g/mol. The number of carbonyl (C=O) groups excluding carboxylic acids is 2. The van der Waals surface area contributed by atoms with E-state index in [0.29, 0.717) is 12.1 Å². The Bertz CT molecular complexity index is 469. The van der Waals surface area contributed by atoms with E-state index in [0.717, 1.165) is 5.69 Å². The minimum atomic E-state index is -0.664. The first-order valence-corrected chi connectivity index (χ1v) is 6.18. The van der Waals surface area contributed by atoms with Crippen molar-refractivity contribution in [1.29, 1.82) is 0 Å². The Morgan fingerprint density at radius 3 is 2.47 bits per heavy atom. The smallest absolute Gasteiger partial charge is 0.168 e. The van der Waals surface area contributed by atoms with Gasteiger partial charge in [-0.3, -0.25) is 9.59 Å². The average Bonchev–Trinajstić information content (AvgIpc) is 2.44. The first kappa shape index (κ1) is 14.9. The Kier molecular flexibility index (Phi) is 5.73. The van der Waals surface area contributed by atoms with Gasteiger partial charge in [0, 0.05) is 12.1 Å². The summed E-state index contributed by atoms with van der Waals surface area (Å²) in [6.45, 7) is 3.40. The van der Waals surface area contributed by atoms with E-state index in [-0.39, 0.29) is 18.0 Å². The van der Waals surface area contributed by atoms with Crippen LogP contribution in [0.5, 0.6) is 0 Å². The zero-order valence-electron chi connectivity index (χ0n) is 11.2. The van der Waals surface area contributed by atoms with Crippen molar-refractivity contribution in [1.82, 2.24) is 0 Å². The van der Waals surface area contributed by atoms with E-state index >= 15 is 0 Å². The summed E-state index contributed by atoms with van der Waals surface area (Å²) >= 11 is 0. The van der Waals surface area contributed by atoms with Crippen LogP contribution in [0.2, 0.25) is 0 Å². The molecule has 1 aromatic carbocycles. The van der Waals surface area contributed by atoms with Gasteiger partial charge in [-0.05, 0) is 19.1 Å². The van der Waals surface area contributed by atoms with Crippen LogP contribution in [-0.2, 0) is 9.59 Å². The predicted molar refractivity (Wildman–Crippen MR) is 76.1 cm³/mol. The minimum Gasteiger partial charge on any atom is -0.371 e. The summed E-state index contributed by atoms with van der Waals surface area (Å²) in [7, 11) is 0. The zero-order chi connectivity index (χ0) is 14.3. The molecule has 19 heavy (non-hydrogen) atoms. The van der Waals surface area contributed by atoms with E-state index in [9.17, 15) is 9.59 Å². The molecule has 0 saturated heterocycles. The van der Waals surface area contributed by atoms with Crippen molar-refractivity contribution in [3.05, 3.63) is 30.3 Å². The lowest BCUT2D eigenvalue weighted by Gasteiger charge is -2.17. The van der Waals surface area contributed by atoms with Crippen molar-refractivity contribution < 1.29 is 9.59 Å². The second-order valence-corrected chi connectivity index (χ2v) is 4.25. The molecule has 1 unspecified atom stereocenters.